The number of thiazole rings is 1. The maximum Gasteiger partial charge on any atom is 0.273 e. The monoisotopic (exact) mass is 251 g/mol. The lowest BCUT2D eigenvalue weighted by Gasteiger charge is -2.33. The molecule has 92 valence electrons. The molecule has 0 aliphatic carbocycles. The van der Waals surface area contributed by atoms with Gasteiger partial charge in [0.1, 0.15) is 5.69 Å². The van der Waals surface area contributed by atoms with E-state index < -0.39 is 0 Å². The summed E-state index contributed by atoms with van der Waals surface area (Å²) in [6.45, 7) is 4.01. The second kappa shape index (κ2) is 4.38. The number of rotatable bonds is 1. The van der Waals surface area contributed by atoms with Crippen LogP contribution in [0.4, 0.5) is 0 Å². The van der Waals surface area contributed by atoms with Crippen LogP contribution in [0.2, 0.25) is 0 Å². The molecule has 0 saturated carbocycles. The molecule has 0 unspecified atom stereocenters. The van der Waals surface area contributed by atoms with E-state index in [2.05, 4.69) is 10.3 Å². The predicted molar refractivity (Wildman–Crippen MR) is 67.2 cm³/mol. The highest BCUT2D eigenvalue weighted by Gasteiger charge is 2.40. The molecule has 17 heavy (non-hydrogen) atoms. The van der Waals surface area contributed by atoms with Crippen molar-refractivity contribution in [3.63, 3.8) is 0 Å². The molecule has 2 saturated heterocycles. The third-order valence-electron chi connectivity index (χ3n) is 4.04. The van der Waals surface area contributed by atoms with Crippen LogP contribution in [-0.4, -0.2) is 42.0 Å². The van der Waals surface area contributed by atoms with Gasteiger partial charge in [-0.3, -0.25) is 4.79 Å². The summed E-state index contributed by atoms with van der Waals surface area (Å²) in [7, 11) is 0. The van der Waals surface area contributed by atoms with Crippen LogP contribution in [0.3, 0.4) is 0 Å². The van der Waals surface area contributed by atoms with Gasteiger partial charge in [-0.25, -0.2) is 4.98 Å². The number of hydrogen-bond donors (Lipinski definition) is 1. The number of aromatic nitrogens is 1. The largest absolute Gasteiger partial charge is 0.337 e. The summed E-state index contributed by atoms with van der Waals surface area (Å²) in [6.07, 6.45) is 3.56. The zero-order valence-electron chi connectivity index (χ0n) is 9.82. The molecule has 1 spiro atoms. The summed E-state index contributed by atoms with van der Waals surface area (Å²) in [5.74, 6) is 0.113. The quantitative estimate of drug-likeness (QED) is 0.819. The van der Waals surface area contributed by atoms with Gasteiger partial charge in [-0.15, -0.1) is 11.3 Å². The minimum atomic E-state index is 0.113. The highest BCUT2D eigenvalue weighted by molar-refractivity contribution is 7.07. The Bertz CT molecular complexity index is 398. The molecule has 2 aliphatic rings. The van der Waals surface area contributed by atoms with Crippen LogP contribution in [0.15, 0.2) is 10.9 Å². The van der Waals surface area contributed by atoms with Crippen LogP contribution >= 0.6 is 11.3 Å². The van der Waals surface area contributed by atoms with Crippen LogP contribution < -0.4 is 5.32 Å². The maximum atomic E-state index is 12.2. The van der Waals surface area contributed by atoms with Gasteiger partial charge in [0.15, 0.2) is 0 Å². The molecule has 1 aromatic rings. The first-order valence-electron chi connectivity index (χ1n) is 6.17. The molecule has 0 atom stereocenters. The Morgan fingerprint density at radius 3 is 2.94 bits per heavy atom. The van der Waals surface area contributed by atoms with Gasteiger partial charge in [-0.2, -0.15) is 0 Å². The van der Waals surface area contributed by atoms with E-state index in [9.17, 15) is 4.79 Å². The lowest BCUT2D eigenvalue weighted by Crippen LogP contribution is -2.39. The molecule has 0 bridgehead atoms. The van der Waals surface area contributed by atoms with Gasteiger partial charge in [-0.1, -0.05) is 0 Å². The van der Waals surface area contributed by atoms with Crippen molar-refractivity contribution < 1.29 is 4.79 Å². The topological polar surface area (TPSA) is 45.2 Å². The number of piperidine rings is 1. The van der Waals surface area contributed by atoms with Gasteiger partial charge in [0, 0.05) is 18.5 Å². The second-order valence-electron chi connectivity index (χ2n) is 5.10. The summed E-state index contributed by atoms with van der Waals surface area (Å²) in [4.78, 5) is 18.3. The molecule has 3 rings (SSSR count). The average molecular weight is 251 g/mol. The first kappa shape index (κ1) is 11.2. The van der Waals surface area contributed by atoms with E-state index >= 15 is 0 Å². The molecule has 1 amide bonds. The number of nitrogens with one attached hydrogen (secondary N) is 1. The Hall–Kier alpha value is -0.940. The highest BCUT2D eigenvalue weighted by Crippen LogP contribution is 2.38. The van der Waals surface area contributed by atoms with E-state index in [0.29, 0.717) is 11.1 Å². The van der Waals surface area contributed by atoms with Crippen LogP contribution in [-0.2, 0) is 0 Å². The van der Waals surface area contributed by atoms with Crippen molar-refractivity contribution in [2.45, 2.75) is 19.3 Å². The van der Waals surface area contributed by atoms with Crippen LogP contribution in [0, 0.1) is 5.41 Å². The predicted octanol–water partition coefficient (Wildman–Crippen LogP) is 1.36. The van der Waals surface area contributed by atoms with Gasteiger partial charge in [0.25, 0.3) is 5.91 Å². The zero-order valence-corrected chi connectivity index (χ0v) is 10.6. The molecule has 2 fully saturated rings. The van der Waals surface area contributed by atoms with Gasteiger partial charge in [0.05, 0.1) is 5.51 Å². The standard InChI is InChI=1S/C12H17N3OS/c16-11(10-7-17-9-14-10)15-6-3-12(8-15)1-4-13-5-2-12/h7,9,13H,1-6,8H2. The molecule has 0 radical (unpaired) electrons. The maximum absolute atomic E-state index is 12.2. The van der Waals surface area contributed by atoms with Crippen molar-refractivity contribution in [1.82, 2.24) is 15.2 Å². The fraction of sp³-hybridized carbons (Fsp3) is 0.667. The molecule has 3 heterocycles. The lowest BCUT2D eigenvalue weighted by atomic mass is 9.78. The van der Waals surface area contributed by atoms with Crippen molar-refractivity contribution >= 4 is 17.2 Å². The molecule has 1 aromatic heterocycles. The van der Waals surface area contributed by atoms with E-state index in [-0.39, 0.29) is 5.91 Å². The Morgan fingerprint density at radius 2 is 2.24 bits per heavy atom. The van der Waals surface area contributed by atoms with Crippen molar-refractivity contribution in [2.75, 3.05) is 26.2 Å². The number of nitrogens with zero attached hydrogens (tertiary/aromatic N) is 2. The first-order chi connectivity index (χ1) is 8.29. The number of likely N-dealkylation sites (tertiary alicyclic amines) is 1. The molecule has 5 heteroatoms. The Morgan fingerprint density at radius 1 is 1.41 bits per heavy atom. The van der Waals surface area contributed by atoms with Gasteiger partial charge in [0.2, 0.25) is 0 Å². The fourth-order valence-electron chi connectivity index (χ4n) is 2.95. The first-order valence-corrected chi connectivity index (χ1v) is 7.12. The van der Waals surface area contributed by atoms with Crippen molar-refractivity contribution in [2.24, 2.45) is 5.41 Å². The van der Waals surface area contributed by atoms with Crippen molar-refractivity contribution in [1.29, 1.82) is 0 Å². The minimum Gasteiger partial charge on any atom is -0.337 e. The van der Waals surface area contributed by atoms with Gasteiger partial charge >= 0.3 is 0 Å². The lowest BCUT2D eigenvalue weighted by molar-refractivity contribution is 0.0757. The minimum absolute atomic E-state index is 0.113. The molecule has 4 nitrogen and oxygen atoms in total. The van der Waals surface area contributed by atoms with E-state index in [1.54, 1.807) is 5.51 Å². The van der Waals surface area contributed by atoms with Crippen LogP contribution in [0.25, 0.3) is 0 Å². The van der Waals surface area contributed by atoms with E-state index in [1.165, 1.54) is 24.2 Å². The SMILES string of the molecule is O=C(c1cscn1)N1CCC2(CCNCC2)C1. The van der Waals surface area contributed by atoms with E-state index in [1.807, 2.05) is 10.3 Å². The molecular weight excluding hydrogens is 234 g/mol. The number of carbonyl (C=O) groups is 1. The third kappa shape index (κ3) is 2.09. The summed E-state index contributed by atoms with van der Waals surface area (Å²) >= 11 is 1.49. The van der Waals surface area contributed by atoms with Crippen LogP contribution in [0.1, 0.15) is 29.8 Å². The Balaban J connectivity index is 1.69. The van der Waals surface area contributed by atoms with Crippen LogP contribution in [0.5, 0.6) is 0 Å². The average Bonchev–Trinajstić information content (AvgIpc) is 2.99. The molecule has 0 aromatic carbocycles. The molecular formula is C12H17N3OS. The highest BCUT2D eigenvalue weighted by atomic mass is 32.1. The Kier molecular flexibility index (Phi) is 2.88. The summed E-state index contributed by atoms with van der Waals surface area (Å²) in [6, 6.07) is 0. The summed E-state index contributed by atoms with van der Waals surface area (Å²) in [5.41, 5.74) is 2.72. The summed E-state index contributed by atoms with van der Waals surface area (Å²) < 4.78 is 0. The van der Waals surface area contributed by atoms with Gasteiger partial charge in [-0.05, 0) is 37.8 Å². The van der Waals surface area contributed by atoms with E-state index in [0.717, 1.165) is 32.6 Å². The Labute approximate surface area is 105 Å². The van der Waals surface area contributed by atoms with Crippen molar-refractivity contribution in [3.8, 4) is 0 Å². The van der Waals surface area contributed by atoms with Crippen molar-refractivity contribution in [3.05, 3.63) is 16.6 Å². The summed E-state index contributed by atoms with van der Waals surface area (Å²) in [5, 5.41) is 5.24. The smallest absolute Gasteiger partial charge is 0.273 e. The molecule has 1 N–H and O–H groups in total. The van der Waals surface area contributed by atoms with Gasteiger partial charge < -0.3 is 10.2 Å². The third-order valence-corrected chi connectivity index (χ3v) is 4.63. The van der Waals surface area contributed by atoms with E-state index in [4.69, 9.17) is 0 Å². The number of hydrogen-bond acceptors (Lipinski definition) is 4. The zero-order chi connectivity index (χ0) is 11.7. The number of amides is 1. The fourth-order valence-corrected chi connectivity index (χ4v) is 3.48. The molecule has 2 aliphatic heterocycles. The number of carbonyl (C=O) groups excluding carboxylic acids is 1. The normalized spacial score (nSPS) is 23.2. The second-order valence-corrected chi connectivity index (χ2v) is 5.82.